The van der Waals surface area contributed by atoms with Gasteiger partial charge in [-0.05, 0) is 18.7 Å². The minimum absolute atomic E-state index is 0.0677. The third-order valence-electron chi connectivity index (χ3n) is 2.59. The minimum atomic E-state index is -3.71. The third kappa shape index (κ3) is 1.62. The Morgan fingerprint density at radius 3 is 2.62 bits per heavy atom. The predicted molar refractivity (Wildman–Crippen MR) is 54.8 cm³/mol. The molecule has 1 aromatic carbocycles. The molecule has 1 N–H and O–H groups in total. The van der Waals surface area contributed by atoms with Crippen LogP contribution in [0.1, 0.15) is 18.5 Å². The summed E-state index contributed by atoms with van der Waals surface area (Å²) in [6.07, 6.45) is 0. The molecule has 6 heteroatoms. The Labute approximate surface area is 92.4 Å². The van der Waals surface area contributed by atoms with Crippen molar-refractivity contribution in [2.24, 2.45) is 0 Å². The molecule has 0 aromatic heterocycles. The topological polar surface area (TPSA) is 46.2 Å². The molecule has 1 aliphatic rings. The van der Waals surface area contributed by atoms with E-state index in [4.69, 9.17) is 0 Å². The van der Waals surface area contributed by atoms with Crippen molar-refractivity contribution in [1.82, 2.24) is 5.32 Å². The van der Waals surface area contributed by atoms with Crippen molar-refractivity contribution in [1.29, 1.82) is 0 Å². The molecule has 0 fully saturated rings. The Balaban J connectivity index is 2.67. The maximum Gasteiger partial charge on any atom is 0.183 e. The van der Waals surface area contributed by atoms with E-state index in [1.54, 1.807) is 6.92 Å². The fourth-order valence-corrected chi connectivity index (χ4v) is 3.81. The van der Waals surface area contributed by atoms with Crippen molar-refractivity contribution in [3.05, 3.63) is 29.3 Å². The molecule has 0 bridgehead atoms. The van der Waals surface area contributed by atoms with Gasteiger partial charge in [-0.1, -0.05) is 6.92 Å². The second-order valence-electron chi connectivity index (χ2n) is 3.66. The van der Waals surface area contributed by atoms with Crippen LogP contribution in [0.15, 0.2) is 17.0 Å². The molecule has 0 spiro atoms. The van der Waals surface area contributed by atoms with E-state index >= 15 is 0 Å². The van der Waals surface area contributed by atoms with E-state index in [1.807, 2.05) is 0 Å². The van der Waals surface area contributed by atoms with Crippen LogP contribution in [0.4, 0.5) is 8.78 Å². The number of benzene rings is 1. The van der Waals surface area contributed by atoms with Crippen LogP contribution >= 0.6 is 0 Å². The highest BCUT2D eigenvalue weighted by Crippen LogP contribution is 2.36. The molecule has 16 heavy (non-hydrogen) atoms. The maximum absolute atomic E-state index is 13.5. The molecule has 0 saturated heterocycles. The molecular formula is C10H11F2NO2S. The van der Waals surface area contributed by atoms with Gasteiger partial charge >= 0.3 is 0 Å². The quantitative estimate of drug-likeness (QED) is 0.859. The van der Waals surface area contributed by atoms with E-state index in [2.05, 4.69) is 5.32 Å². The van der Waals surface area contributed by atoms with Crippen molar-refractivity contribution in [3.63, 3.8) is 0 Å². The van der Waals surface area contributed by atoms with E-state index in [9.17, 15) is 17.2 Å². The summed E-state index contributed by atoms with van der Waals surface area (Å²) in [5.41, 5.74) is -0.0677. The average Bonchev–Trinajstić information content (AvgIpc) is 2.46. The van der Waals surface area contributed by atoms with Gasteiger partial charge in [0.2, 0.25) is 0 Å². The molecule has 0 radical (unpaired) electrons. The van der Waals surface area contributed by atoms with Gasteiger partial charge in [-0.15, -0.1) is 0 Å². The molecule has 1 unspecified atom stereocenters. The number of hydrogen-bond acceptors (Lipinski definition) is 3. The molecule has 1 heterocycles. The second kappa shape index (κ2) is 3.78. The van der Waals surface area contributed by atoms with Gasteiger partial charge in [-0.3, -0.25) is 0 Å². The highest BCUT2D eigenvalue weighted by Gasteiger charge is 2.39. The molecule has 3 nitrogen and oxygen atoms in total. The SMILES string of the molecule is CCNC1CS(=O)(=O)c2c(F)ccc(F)c21. The Morgan fingerprint density at radius 1 is 1.38 bits per heavy atom. The van der Waals surface area contributed by atoms with E-state index in [0.29, 0.717) is 6.54 Å². The van der Waals surface area contributed by atoms with Gasteiger partial charge in [0.05, 0.1) is 11.8 Å². The Kier molecular flexibility index (Phi) is 2.71. The number of nitrogens with one attached hydrogen (secondary N) is 1. The van der Waals surface area contributed by atoms with Gasteiger partial charge in [-0.2, -0.15) is 0 Å². The van der Waals surface area contributed by atoms with E-state index < -0.39 is 32.4 Å². The monoisotopic (exact) mass is 247 g/mol. The van der Waals surface area contributed by atoms with E-state index in [0.717, 1.165) is 12.1 Å². The fraction of sp³-hybridized carbons (Fsp3) is 0.400. The molecule has 1 aromatic rings. The van der Waals surface area contributed by atoms with Crippen LogP contribution < -0.4 is 5.32 Å². The van der Waals surface area contributed by atoms with Crippen LogP contribution in [0.3, 0.4) is 0 Å². The van der Waals surface area contributed by atoms with E-state index in [-0.39, 0.29) is 11.3 Å². The first-order chi connectivity index (χ1) is 7.47. The molecule has 0 saturated carbocycles. The van der Waals surface area contributed by atoms with Crippen molar-refractivity contribution < 1.29 is 17.2 Å². The highest BCUT2D eigenvalue weighted by atomic mass is 32.2. The third-order valence-corrected chi connectivity index (χ3v) is 4.40. The molecule has 2 rings (SSSR count). The van der Waals surface area contributed by atoms with Crippen LogP contribution in [0.25, 0.3) is 0 Å². The average molecular weight is 247 g/mol. The van der Waals surface area contributed by atoms with Gasteiger partial charge in [0.15, 0.2) is 9.84 Å². The highest BCUT2D eigenvalue weighted by molar-refractivity contribution is 7.91. The Bertz CT molecular complexity index is 528. The van der Waals surface area contributed by atoms with Gasteiger partial charge < -0.3 is 5.32 Å². The molecule has 88 valence electrons. The summed E-state index contributed by atoms with van der Waals surface area (Å²) < 4.78 is 50.3. The normalized spacial score (nSPS) is 22.1. The molecule has 1 aliphatic heterocycles. The zero-order chi connectivity index (χ0) is 11.9. The van der Waals surface area contributed by atoms with Crippen LogP contribution in [-0.4, -0.2) is 20.7 Å². The molecule has 1 atom stereocenters. The van der Waals surface area contributed by atoms with Crippen molar-refractivity contribution in [2.45, 2.75) is 17.9 Å². The van der Waals surface area contributed by atoms with Gasteiger partial charge in [0.1, 0.15) is 16.5 Å². The number of rotatable bonds is 2. The fourth-order valence-electron chi connectivity index (χ4n) is 1.98. The predicted octanol–water partition coefficient (Wildman–Crippen LogP) is 1.40. The van der Waals surface area contributed by atoms with Crippen LogP contribution in [0.5, 0.6) is 0 Å². The van der Waals surface area contributed by atoms with Crippen molar-refractivity contribution in [3.8, 4) is 0 Å². The second-order valence-corrected chi connectivity index (χ2v) is 5.63. The first-order valence-corrected chi connectivity index (χ1v) is 6.56. The summed E-state index contributed by atoms with van der Waals surface area (Å²) in [4.78, 5) is -0.488. The van der Waals surface area contributed by atoms with Crippen LogP contribution in [0.2, 0.25) is 0 Å². The molecule has 0 aliphatic carbocycles. The summed E-state index contributed by atoms with van der Waals surface area (Å²) in [5, 5.41) is 2.84. The lowest BCUT2D eigenvalue weighted by atomic mass is 10.1. The Hall–Kier alpha value is -1.01. The lowest BCUT2D eigenvalue weighted by molar-refractivity contribution is 0.523. The lowest BCUT2D eigenvalue weighted by Crippen LogP contribution is -2.22. The first-order valence-electron chi connectivity index (χ1n) is 4.91. The standard InChI is InChI=1S/C10H11F2NO2S/c1-2-13-8-5-16(14,15)10-7(12)4-3-6(11)9(8)10/h3-4,8,13H,2,5H2,1H3. The minimum Gasteiger partial charge on any atom is -0.309 e. The Morgan fingerprint density at radius 2 is 2.00 bits per heavy atom. The molecule has 0 amide bonds. The number of fused-ring (bicyclic) bond motifs is 1. The first kappa shape index (κ1) is 11.5. The number of hydrogen-bond donors (Lipinski definition) is 1. The summed E-state index contributed by atoms with van der Waals surface area (Å²) in [6, 6.07) is 1.15. The smallest absolute Gasteiger partial charge is 0.183 e. The van der Waals surface area contributed by atoms with Gasteiger partial charge in [-0.25, -0.2) is 17.2 Å². The summed E-state index contributed by atoms with van der Waals surface area (Å²) >= 11 is 0. The lowest BCUT2D eigenvalue weighted by Gasteiger charge is -2.10. The van der Waals surface area contributed by atoms with Crippen molar-refractivity contribution in [2.75, 3.05) is 12.3 Å². The van der Waals surface area contributed by atoms with E-state index in [1.165, 1.54) is 0 Å². The number of sulfone groups is 1. The zero-order valence-corrected chi connectivity index (χ0v) is 9.44. The largest absolute Gasteiger partial charge is 0.309 e. The van der Waals surface area contributed by atoms with Crippen molar-refractivity contribution >= 4 is 9.84 Å². The van der Waals surface area contributed by atoms with Crippen LogP contribution in [0, 0.1) is 11.6 Å². The summed E-state index contributed by atoms with van der Waals surface area (Å²) in [6.45, 7) is 2.28. The molecular weight excluding hydrogens is 236 g/mol. The number of halogens is 2. The summed E-state index contributed by atoms with van der Waals surface area (Å²) in [7, 11) is -3.71. The maximum atomic E-state index is 13.5. The van der Waals surface area contributed by atoms with Gasteiger partial charge in [0.25, 0.3) is 0 Å². The zero-order valence-electron chi connectivity index (χ0n) is 8.63. The van der Waals surface area contributed by atoms with Crippen LogP contribution in [-0.2, 0) is 9.84 Å². The van der Waals surface area contributed by atoms with Gasteiger partial charge in [0, 0.05) is 5.56 Å². The summed E-state index contributed by atoms with van der Waals surface area (Å²) in [5.74, 6) is -1.84.